The van der Waals surface area contributed by atoms with Gasteiger partial charge in [0.15, 0.2) is 0 Å². The molecule has 1 saturated carbocycles. The van der Waals surface area contributed by atoms with Crippen molar-refractivity contribution in [2.45, 2.75) is 44.3 Å². The average Bonchev–Trinajstić information content (AvgIpc) is 2.81. The highest BCUT2D eigenvalue weighted by Crippen LogP contribution is 2.48. The Morgan fingerprint density at radius 3 is 2.69 bits per heavy atom. The van der Waals surface area contributed by atoms with E-state index in [9.17, 15) is 5.11 Å². The zero-order chi connectivity index (χ0) is 11.1. The minimum Gasteiger partial charge on any atom is -0.463 e. The van der Waals surface area contributed by atoms with E-state index in [0.29, 0.717) is 18.9 Å². The average molecular weight is 222 g/mol. The van der Waals surface area contributed by atoms with Gasteiger partial charge in [-0.2, -0.15) is 0 Å². The Hall–Kier alpha value is -0.800. The van der Waals surface area contributed by atoms with Crippen molar-refractivity contribution in [3.05, 3.63) is 23.7 Å². The molecule has 4 atom stereocenters. The van der Waals surface area contributed by atoms with Crippen LogP contribution in [0.2, 0.25) is 0 Å². The lowest BCUT2D eigenvalue weighted by Crippen LogP contribution is -2.23. The van der Waals surface area contributed by atoms with Gasteiger partial charge in [0.1, 0.15) is 17.6 Å². The number of ether oxygens (including phenoxy) is 1. The summed E-state index contributed by atoms with van der Waals surface area (Å²) in [7, 11) is 0. The van der Waals surface area contributed by atoms with E-state index >= 15 is 0 Å². The Balaban J connectivity index is 1.71. The molecule has 16 heavy (non-hydrogen) atoms. The lowest BCUT2D eigenvalue weighted by molar-refractivity contribution is -0.0539. The van der Waals surface area contributed by atoms with Gasteiger partial charge < -0.3 is 14.3 Å². The van der Waals surface area contributed by atoms with Crippen LogP contribution in [0.1, 0.15) is 49.7 Å². The maximum absolute atomic E-state index is 9.59. The first-order valence-corrected chi connectivity index (χ1v) is 6.13. The SMILES string of the molecule is CC1CC1c1ccc(C2CC(O)CCO2)o1. The maximum Gasteiger partial charge on any atom is 0.133 e. The first kappa shape index (κ1) is 10.4. The second-order valence-corrected chi connectivity index (χ2v) is 5.10. The standard InChI is InChI=1S/C13H18O3/c1-8-6-10(8)11-2-3-12(16-11)13-7-9(14)4-5-15-13/h2-3,8-10,13-14H,4-7H2,1H3. The highest BCUT2D eigenvalue weighted by Gasteiger charge is 2.37. The molecule has 0 radical (unpaired) electrons. The van der Waals surface area contributed by atoms with E-state index in [0.717, 1.165) is 23.9 Å². The molecule has 3 heteroatoms. The Morgan fingerprint density at radius 2 is 2.00 bits per heavy atom. The van der Waals surface area contributed by atoms with Crippen LogP contribution in [0.3, 0.4) is 0 Å². The summed E-state index contributed by atoms with van der Waals surface area (Å²) in [4.78, 5) is 0. The molecule has 0 spiro atoms. The van der Waals surface area contributed by atoms with Crippen LogP contribution in [0.5, 0.6) is 0 Å². The topological polar surface area (TPSA) is 42.6 Å². The molecular weight excluding hydrogens is 204 g/mol. The maximum atomic E-state index is 9.59. The van der Waals surface area contributed by atoms with Crippen molar-refractivity contribution in [1.82, 2.24) is 0 Å². The van der Waals surface area contributed by atoms with Gasteiger partial charge in [-0.25, -0.2) is 0 Å². The number of aliphatic hydroxyl groups is 1. The number of furan rings is 1. The van der Waals surface area contributed by atoms with E-state index in [4.69, 9.17) is 9.15 Å². The van der Waals surface area contributed by atoms with Gasteiger partial charge in [-0.15, -0.1) is 0 Å². The summed E-state index contributed by atoms with van der Waals surface area (Å²) < 4.78 is 11.5. The number of aliphatic hydroxyl groups excluding tert-OH is 1. The Bertz CT molecular complexity index is 371. The summed E-state index contributed by atoms with van der Waals surface area (Å²) in [5.74, 6) is 3.35. The van der Waals surface area contributed by atoms with E-state index in [1.165, 1.54) is 6.42 Å². The van der Waals surface area contributed by atoms with Crippen LogP contribution in [0.15, 0.2) is 16.5 Å². The predicted molar refractivity (Wildman–Crippen MR) is 59.2 cm³/mol. The Labute approximate surface area is 95.4 Å². The molecule has 1 saturated heterocycles. The smallest absolute Gasteiger partial charge is 0.133 e. The van der Waals surface area contributed by atoms with Crippen molar-refractivity contribution in [2.75, 3.05) is 6.61 Å². The number of hydrogen-bond acceptors (Lipinski definition) is 3. The van der Waals surface area contributed by atoms with Crippen molar-refractivity contribution < 1.29 is 14.3 Å². The molecule has 88 valence electrons. The van der Waals surface area contributed by atoms with Crippen molar-refractivity contribution in [2.24, 2.45) is 5.92 Å². The van der Waals surface area contributed by atoms with E-state index < -0.39 is 0 Å². The van der Waals surface area contributed by atoms with Gasteiger partial charge in [-0.1, -0.05) is 6.92 Å². The molecule has 1 aliphatic heterocycles. The molecule has 3 nitrogen and oxygen atoms in total. The lowest BCUT2D eigenvalue weighted by Gasteiger charge is -2.24. The normalized spacial score (nSPS) is 38.6. The summed E-state index contributed by atoms with van der Waals surface area (Å²) in [6, 6.07) is 4.07. The van der Waals surface area contributed by atoms with Gasteiger partial charge in [0.2, 0.25) is 0 Å². The fraction of sp³-hybridized carbons (Fsp3) is 0.692. The molecule has 3 rings (SSSR count). The second kappa shape index (κ2) is 3.90. The third kappa shape index (κ3) is 1.89. The van der Waals surface area contributed by atoms with Crippen molar-refractivity contribution in [3.63, 3.8) is 0 Å². The molecule has 1 N–H and O–H groups in total. The highest BCUT2D eigenvalue weighted by molar-refractivity contribution is 5.19. The monoisotopic (exact) mass is 222 g/mol. The molecule has 1 aromatic heterocycles. The molecule has 0 amide bonds. The number of hydrogen-bond donors (Lipinski definition) is 1. The molecule has 2 fully saturated rings. The minimum absolute atomic E-state index is 0.0495. The van der Waals surface area contributed by atoms with Crippen LogP contribution in [0.4, 0.5) is 0 Å². The predicted octanol–water partition coefficient (Wildman–Crippen LogP) is 2.62. The fourth-order valence-corrected chi connectivity index (χ4v) is 2.44. The van der Waals surface area contributed by atoms with Gasteiger partial charge in [-0.3, -0.25) is 0 Å². The summed E-state index contributed by atoms with van der Waals surface area (Å²) in [6.45, 7) is 2.87. The molecular formula is C13H18O3. The highest BCUT2D eigenvalue weighted by atomic mass is 16.5. The van der Waals surface area contributed by atoms with Crippen LogP contribution in [-0.2, 0) is 4.74 Å². The first-order chi connectivity index (χ1) is 7.74. The number of rotatable bonds is 2. The van der Waals surface area contributed by atoms with Crippen LogP contribution in [0.25, 0.3) is 0 Å². The zero-order valence-electron chi connectivity index (χ0n) is 9.56. The second-order valence-electron chi connectivity index (χ2n) is 5.10. The fourth-order valence-electron chi connectivity index (χ4n) is 2.44. The lowest BCUT2D eigenvalue weighted by atomic mass is 10.0. The van der Waals surface area contributed by atoms with E-state index in [-0.39, 0.29) is 12.2 Å². The molecule has 1 aromatic rings. The van der Waals surface area contributed by atoms with Crippen LogP contribution in [0, 0.1) is 5.92 Å². The van der Waals surface area contributed by atoms with Crippen molar-refractivity contribution in [3.8, 4) is 0 Å². The third-order valence-electron chi connectivity index (χ3n) is 3.70. The summed E-state index contributed by atoms with van der Waals surface area (Å²) in [5, 5.41) is 9.59. The van der Waals surface area contributed by atoms with Crippen molar-refractivity contribution >= 4 is 0 Å². The first-order valence-electron chi connectivity index (χ1n) is 6.13. The molecule has 1 aliphatic carbocycles. The summed E-state index contributed by atoms with van der Waals surface area (Å²) >= 11 is 0. The summed E-state index contributed by atoms with van der Waals surface area (Å²) in [6.07, 6.45) is 2.34. The van der Waals surface area contributed by atoms with Crippen LogP contribution in [-0.4, -0.2) is 17.8 Å². The molecule has 2 aliphatic rings. The molecule has 0 bridgehead atoms. The van der Waals surface area contributed by atoms with Gasteiger partial charge in [0.05, 0.1) is 12.7 Å². The van der Waals surface area contributed by atoms with E-state index in [2.05, 4.69) is 13.0 Å². The van der Waals surface area contributed by atoms with E-state index in [1.54, 1.807) is 0 Å². The van der Waals surface area contributed by atoms with Gasteiger partial charge in [0, 0.05) is 12.3 Å². The van der Waals surface area contributed by atoms with Crippen LogP contribution >= 0.6 is 0 Å². The van der Waals surface area contributed by atoms with E-state index in [1.807, 2.05) is 6.07 Å². The molecule has 2 heterocycles. The Kier molecular flexibility index (Phi) is 2.52. The minimum atomic E-state index is -0.243. The quantitative estimate of drug-likeness (QED) is 0.836. The summed E-state index contributed by atoms with van der Waals surface area (Å²) in [5.41, 5.74) is 0. The van der Waals surface area contributed by atoms with Gasteiger partial charge in [-0.05, 0) is 30.9 Å². The molecule has 4 unspecified atom stereocenters. The van der Waals surface area contributed by atoms with Crippen molar-refractivity contribution in [1.29, 1.82) is 0 Å². The van der Waals surface area contributed by atoms with Crippen LogP contribution < -0.4 is 0 Å². The molecule has 0 aromatic carbocycles. The third-order valence-corrected chi connectivity index (χ3v) is 3.70. The van der Waals surface area contributed by atoms with Gasteiger partial charge in [0.25, 0.3) is 0 Å². The zero-order valence-corrected chi connectivity index (χ0v) is 9.56. The van der Waals surface area contributed by atoms with Gasteiger partial charge >= 0.3 is 0 Å². The Morgan fingerprint density at radius 1 is 1.25 bits per heavy atom. The largest absolute Gasteiger partial charge is 0.463 e.